The van der Waals surface area contributed by atoms with Crippen molar-refractivity contribution in [3.05, 3.63) is 28.8 Å². The van der Waals surface area contributed by atoms with E-state index in [9.17, 15) is 14.4 Å². The van der Waals surface area contributed by atoms with E-state index in [1.165, 1.54) is 0 Å². The number of carbonyl (C=O) groups is 3. The van der Waals surface area contributed by atoms with E-state index >= 15 is 0 Å². The zero-order chi connectivity index (χ0) is 19.2. The second kappa shape index (κ2) is 6.64. The molecule has 4 rings (SSSR count). The lowest BCUT2D eigenvalue weighted by molar-refractivity contribution is -0.136. The topological polar surface area (TPSA) is 87.7 Å². The van der Waals surface area contributed by atoms with Crippen LogP contribution in [0.3, 0.4) is 0 Å². The Morgan fingerprint density at radius 1 is 1.33 bits per heavy atom. The first-order valence-corrected chi connectivity index (χ1v) is 9.58. The number of piperidine rings is 1. The van der Waals surface area contributed by atoms with Crippen LogP contribution in [0.4, 0.5) is 0 Å². The van der Waals surface area contributed by atoms with Gasteiger partial charge in [0.15, 0.2) is 0 Å². The number of nitrogens with zero attached hydrogens (tertiary/aromatic N) is 1. The molecule has 2 N–H and O–H groups in total. The second-order valence-electron chi connectivity index (χ2n) is 7.68. The number of fused-ring (bicyclic) bond motifs is 2. The smallest absolute Gasteiger partial charge is 0.255 e. The van der Waals surface area contributed by atoms with Crippen molar-refractivity contribution in [1.29, 1.82) is 0 Å². The van der Waals surface area contributed by atoms with Gasteiger partial charge in [0.05, 0.1) is 6.61 Å². The summed E-state index contributed by atoms with van der Waals surface area (Å²) in [6.07, 6.45) is 2.57. The van der Waals surface area contributed by atoms with Crippen LogP contribution >= 0.6 is 0 Å². The molecule has 144 valence electrons. The van der Waals surface area contributed by atoms with E-state index in [2.05, 4.69) is 23.6 Å². The molecule has 7 nitrogen and oxygen atoms in total. The van der Waals surface area contributed by atoms with E-state index in [4.69, 9.17) is 4.74 Å². The zero-order valence-corrected chi connectivity index (χ0v) is 15.8. The fourth-order valence-corrected chi connectivity index (χ4v) is 4.46. The van der Waals surface area contributed by atoms with Crippen molar-refractivity contribution in [1.82, 2.24) is 15.5 Å². The van der Waals surface area contributed by atoms with Crippen molar-refractivity contribution >= 4 is 17.7 Å². The van der Waals surface area contributed by atoms with Crippen LogP contribution in [0.5, 0.6) is 5.75 Å². The monoisotopic (exact) mass is 371 g/mol. The molecule has 0 radical (unpaired) electrons. The molecule has 1 saturated heterocycles. The van der Waals surface area contributed by atoms with E-state index in [1.54, 1.807) is 4.90 Å². The molecule has 2 atom stereocenters. The molecule has 3 amide bonds. The number of imide groups is 1. The Morgan fingerprint density at radius 2 is 2.15 bits per heavy atom. The Labute approximate surface area is 158 Å². The van der Waals surface area contributed by atoms with Gasteiger partial charge in [0, 0.05) is 29.5 Å². The summed E-state index contributed by atoms with van der Waals surface area (Å²) in [6, 6.07) is 3.36. The van der Waals surface area contributed by atoms with Gasteiger partial charge in [-0.3, -0.25) is 19.7 Å². The molecule has 3 aliphatic heterocycles. The maximum Gasteiger partial charge on any atom is 0.255 e. The Morgan fingerprint density at radius 3 is 2.85 bits per heavy atom. The number of rotatable bonds is 5. The molecule has 27 heavy (non-hydrogen) atoms. The molecule has 1 aromatic carbocycles. The Bertz CT molecular complexity index is 822. The largest absolute Gasteiger partial charge is 0.492 e. The molecule has 7 heteroatoms. The fraction of sp³-hybridized carbons (Fsp3) is 0.550. The first kappa shape index (κ1) is 18.0. The standard InChI is InChI=1S/C20H25N3O4/c1-3-20(6-7-21-2)11-27-16-9-13-12(8-14(16)20)10-23(19(13)26)15-4-5-17(24)22-18(15)25/h8-9,15,21H,3-7,10-11H2,1-2H3,(H,22,24,25). The fourth-order valence-electron chi connectivity index (χ4n) is 4.46. The van der Waals surface area contributed by atoms with Gasteiger partial charge in [0.1, 0.15) is 11.8 Å². The highest BCUT2D eigenvalue weighted by atomic mass is 16.5. The average molecular weight is 371 g/mol. The van der Waals surface area contributed by atoms with Crippen molar-refractivity contribution in [2.45, 2.75) is 50.6 Å². The maximum absolute atomic E-state index is 12.9. The first-order valence-electron chi connectivity index (χ1n) is 9.58. The Balaban J connectivity index is 1.64. The SMILES string of the molecule is CCC1(CCNC)COc2cc3c(cc21)CN(C1CCC(=O)NC1=O)C3=O. The third-order valence-electron chi connectivity index (χ3n) is 6.23. The van der Waals surface area contributed by atoms with Crippen molar-refractivity contribution in [2.24, 2.45) is 0 Å². The van der Waals surface area contributed by atoms with Crippen molar-refractivity contribution in [3.63, 3.8) is 0 Å². The van der Waals surface area contributed by atoms with Gasteiger partial charge in [-0.1, -0.05) is 6.92 Å². The average Bonchev–Trinajstić information content (AvgIpc) is 3.17. The second-order valence-corrected chi connectivity index (χ2v) is 7.68. The third kappa shape index (κ3) is 2.81. The van der Waals surface area contributed by atoms with Gasteiger partial charge in [-0.25, -0.2) is 0 Å². The molecule has 0 bridgehead atoms. The lowest BCUT2D eigenvalue weighted by Crippen LogP contribution is -2.52. The van der Waals surface area contributed by atoms with E-state index < -0.39 is 6.04 Å². The molecule has 0 saturated carbocycles. The van der Waals surface area contributed by atoms with Gasteiger partial charge in [-0.05, 0) is 50.6 Å². The van der Waals surface area contributed by atoms with E-state index in [1.807, 2.05) is 13.1 Å². The Hall–Kier alpha value is -2.41. The van der Waals surface area contributed by atoms with E-state index in [0.717, 1.165) is 36.3 Å². The van der Waals surface area contributed by atoms with Crippen LogP contribution in [0.15, 0.2) is 12.1 Å². The minimum Gasteiger partial charge on any atom is -0.492 e. The number of nitrogens with one attached hydrogen (secondary N) is 2. The van der Waals surface area contributed by atoms with Crippen LogP contribution in [0.1, 0.15) is 54.1 Å². The number of amides is 3. The predicted molar refractivity (Wildman–Crippen MR) is 98.5 cm³/mol. The summed E-state index contributed by atoms with van der Waals surface area (Å²) in [5.74, 6) is -0.0292. The summed E-state index contributed by atoms with van der Waals surface area (Å²) in [5.41, 5.74) is 2.67. The minimum absolute atomic E-state index is 0.0432. The molecular weight excluding hydrogens is 346 g/mol. The molecule has 0 aromatic heterocycles. The van der Waals surface area contributed by atoms with Crippen molar-refractivity contribution in [2.75, 3.05) is 20.2 Å². The lowest BCUT2D eigenvalue weighted by Gasteiger charge is -2.29. The number of carbonyl (C=O) groups excluding carboxylic acids is 3. The van der Waals surface area contributed by atoms with Gasteiger partial charge in [-0.2, -0.15) is 0 Å². The molecule has 1 fully saturated rings. The summed E-state index contributed by atoms with van der Waals surface area (Å²) in [6.45, 7) is 4.10. The highest BCUT2D eigenvalue weighted by molar-refractivity contribution is 6.05. The highest BCUT2D eigenvalue weighted by Crippen LogP contribution is 2.46. The van der Waals surface area contributed by atoms with Crippen LogP contribution in [0.2, 0.25) is 0 Å². The quantitative estimate of drug-likeness (QED) is 0.757. The summed E-state index contributed by atoms with van der Waals surface area (Å²) in [4.78, 5) is 38.1. The van der Waals surface area contributed by atoms with Crippen molar-refractivity contribution < 1.29 is 19.1 Å². The number of ether oxygens (including phenoxy) is 1. The normalized spacial score (nSPS) is 26.7. The Kier molecular flexibility index (Phi) is 4.42. The van der Waals surface area contributed by atoms with Crippen LogP contribution in [-0.4, -0.2) is 48.9 Å². The molecule has 0 aliphatic carbocycles. The predicted octanol–water partition coefficient (Wildman–Crippen LogP) is 1.10. The molecule has 0 spiro atoms. The number of hydrogen-bond acceptors (Lipinski definition) is 5. The summed E-state index contributed by atoms with van der Waals surface area (Å²) in [7, 11) is 1.94. The first-order chi connectivity index (χ1) is 13.0. The highest BCUT2D eigenvalue weighted by Gasteiger charge is 2.43. The van der Waals surface area contributed by atoms with Gasteiger partial charge in [0.2, 0.25) is 11.8 Å². The summed E-state index contributed by atoms with van der Waals surface area (Å²) < 4.78 is 5.97. The number of benzene rings is 1. The molecule has 1 aromatic rings. The molecular formula is C20H25N3O4. The third-order valence-corrected chi connectivity index (χ3v) is 6.23. The van der Waals surface area contributed by atoms with Crippen LogP contribution in [-0.2, 0) is 21.5 Å². The van der Waals surface area contributed by atoms with Crippen LogP contribution < -0.4 is 15.4 Å². The molecule has 3 heterocycles. The van der Waals surface area contributed by atoms with Crippen LogP contribution in [0, 0.1) is 0 Å². The summed E-state index contributed by atoms with van der Waals surface area (Å²) >= 11 is 0. The molecule has 2 unspecified atom stereocenters. The van der Waals surface area contributed by atoms with E-state index in [0.29, 0.717) is 25.1 Å². The minimum atomic E-state index is -0.585. The van der Waals surface area contributed by atoms with E-state index in [-0.39, 0.29) is 29.6 Å². The zero-order valence-electron chi connectivity index (χ0n) is 15.8. The van der Waals surface area contributed by atoms with Crippen LogP contribution in [0.25, 0.3) is 0 Å². The summed E-state index contributed by atoms with van der Waals surface area (Å²) in [5, 5.41) is 5.55. The van der Waals surface area contributed by atoms with Gasteiger partial charge in [-0.15, -0.1) is 0 Å². The van der Waals surface area contributed by atoms with Gasteiger partial charge in [0.25, 0.3) is 5.91 Å². The van der Waals surface area contributed by atoms with Gasteiger partial charge >= 0.3 is 0 Å². The molecule has 3 aliphatic rings. The van der Waals surface area contributed by atoms with Gasteiger partial charge < -0.3 is 15.0 Å². The number of hydrogen-bond donors (Lipinski definition) is 2. The maximum atomic E-state index is 12.9. The lowest BCUT2D eigenvalue weighted by atomic mass is 9.76. The van der Waals surface area contributed by atoms with Crippen molar-refractivity contribution in [3.8, 4) is 5.75 Å².